The molecular formula is C20H17BrN2O5. The Bertz CT molecular complexity index is 969. The van der Waals surface area contributed by atoms with Crippen molar-refractivity contribution in [3.05, 3.63) is 69.3 Å². The van der Waals surface area contributed by atoms with Gasteiger partial charge in [-0.2, -0.15) is 0 Å². The zero-order valence-electron chi connectivity index (χ0n) is 14.9. The van der Waals surface area contributed by atoms with Crippen molar-refractivity contribution in [3.8, 4) is 5.75 Å². The van der Waals surface area contributed by atoms with Crippen LogP contribution in [-0.4, -0.2) is 34.5 Å². The normalized spacial score (nSPS) is 15.1. The number of aliphatic carboxylic acids is 1. The smallest absolute Gasteiger partial charge is 0.329 e. The van der Waals surface area contributed by atoms with Gasteiger partial charge in [-0.15, -0.1) is 0 Å². The maximum atomic E-state index is 12.2. The molecule has 0 atom stereocenters. The number of halogens is 1. The number of carboxylic acid groups (broad SMARTS) is 1. The molecule has 1 aliphatic rings. The molecular weight excluding hydrogens is 428 g/mol. The van der Waals surface area contributed by atoms with Gasteiger partial charge in [-0.1, -0.05) is 35.9 Å². The van der Waals surface area contributed by atoms with Crippen LogP contribution in [-0.2, 0) is 16.2 Å². The van der Waals surface area contributed by atoms with Gasteiger partial charge in [0.15, 0.2) is 0 Å². The van der Waals surface area contributed by atoms with Crippen LogP contribution < -0.4 is 10.1 Å². The van der Waals surface area contributed by atoms with Crippen LogP contribution in [0.5, 0.6) is 5.75 Å². The van der Waals surface area contributed by atoms with Crippen molar-refractivity contribution in [2.24, 2.45) is 0 Å². The van der Waals surface area contributed by atoms with E-state index in [1.807, 2.05) is 31.2 Å². The number of nitrogens with zero attached hydrogens (tertiary/aromatic N) is 1. The molecule has 1 saturated heterocycles. The number of carbonyl (C=O) groups is 3. The highest BCUT2D eigenvalue weighted by atomic mass is 79.9. The zero-order valence-corrected chi connectivity index (χ0v) is 16.5. The first kappa shape index (κ1) is 19.6. The van der Waals surface area contributed by atoms with E-state index in [0.717, 1.165) is 5.56 Å². The molecule has 28 heavy (non-hydrogen) atoms. The van der Waals surface area contributed by atoms with E-state index < -0.39 is 24.5 Å². The predicted octanol–water partition coefficient (Wildman–Crippen LogP) is 3.31. The van der Waals surface area contributed by atoms with Gasteiger partial charge in [0, 0.05) is 0 Å². The number of aryl methyl sites for hydroxylation is 1. The van der Waals surface area contributed by atoms with Gasteiger partial charge in [-0.3, -0.25) is 9.59 Å². The Hall–Kier alpha value is -3.13. The third kappa shape index (κ3) is 4.58. The number of hydrogen-bond acceptors (Lipinski definition) is 4. The molecule has 2 aromatic carbocycles. The third-order valence-corrected chi connectivity index (χ3v) is 4.66. The van der Waals surface area contributed by atoms with E-state index in [9.17, 15) is 14.4 Å². The molecule has 0 unspecified atom stereocenters. The molecule has 0 saturated carbocycles. The molecule has 144 valence electrons. The van der Waals surface area contributed by atoms with E-state index in [2.05, 4.69) is 21.2 Å². The molecule has 1 aliphatic heterocycles. The molecule has 0 aromatic heterocycles. The van der Waals surface area contributed by atoms with Gasteiger partial charge in [0.05, 0.1) is 4.47 Å². The van der Waals surface area contributed by atoms with Gasteiger partial charge in [0.2, 0.25) is 0 Å². The molecule has 1 fully saturated rings. The number of benzene rings is 2. The molecule has 8 heteroatoms. The summed E-state index contributed by atoms with van der Waals surface area (Å²) in [4.78, 5) is 35.3. The van der Waals surface area contributed by atoms with Crippen molar-refractivity contribution in [2.75, 3.05) is 6.54 Å². The second kappa shape index (κ2) is 8.26. The predicted molar refractivity (Wildman–Crippen MR) is 106 cm³/mol. The molecule has 0 radical (unpaired) electrons. The number of rotatable bonds is 6. The summed E-state index contributed by atoms with van der Waals surface area (Å²) in [6.07, 6.45) is 1.48. The second-order valence-electron chi connectivity index (χ2n) is 6.24. The monoisotopic (exact) mass is 444 g/mol. The van der Waals surface area contributed by atoms with Crippen molar-refractivity contribution in [2.45, 2.75) is 13.5 Å². The second-order valence-corrected chi connectivity index (χ2v) is 7.09. The molecule has 7 nitrogen and oxygen atoms in total. The fourth-order valence-corrected chi connectivity index (χ4v) is 3.10. The van der Waals surface area contributed by atoms with E-state index in [4.69, 9.17) is 9.84 Å². The van der Waals surface area contributed by atoms with E-state index in [0.29, 0.717) is 27.3 Å². The van der Waals surface area contributed by atoms with Crippen molar-refractivity contribution in [1.82, 2.24) is 10.2 Å². The molecule has 3 amide bonds. The van der Waals surface area contributed by atoms with Gasteiger partial charge >= 0.3 is 12.0 Å². The lowest BCUT2D eigenvalue weighted by molar-refractivity contribution is -0.140. The maximum absolute atomic E-state index is 12.2. The number of carbonyl (C=O) groups excluding carboxylic acids is 2. The highest BCUT2D eigenvalue weighted by molar-refractivity contribution is 9.10. The first-order valence-corrected chi connectivity index (χ1v) is 9.17. The van der Waals surface area contributed by atoms with Gasteiger partial charge in [-0.05, 0) is 52.2 Å². The molecule has 0 spiro atoms. The molecule has 1 heterocycles. The summed E-state index contributed by atoms with van der Waals surface area (Å²) in [7, 11) is 0. The maximum Gasteiger partial charge on any atom is 0.329 e. The number of amides is 3. The van der Waals surface area contributed by atoms with Crippen LogP contribution in [0.2, 0.25) is 0 Å². The fourth-order valence-electron chi connectivity index (χ4n) is 2.59. The first-order valence-electron chi connectivity index (χ1n) is 8.38. The molecule has 2 aromatic rings. The van der Waals surface area contributed by atoms with Gasteiger partial charge in [0.25, 0.3) is 5.91 Å². The first-order chi connectivity index (χ1) is 13.3. The van der Waals surface area contributed by atoms with Crippen LogP contribution in [0, 0.1) is 6.92 Å². The molecule has 2 N–H and O–H groups in total. The largest absolute Gasteiger partial charge is 0.488 e. The highest BCUT2D eigenvalue weighted by Crippen LogP contribution is 2.28. The van der Waals surface area contributed by atoms with E-state index >= 15 is 0 Å². The number of carboxylic acids is 1. The van der Waals surface area contributed by atoms with Crippen LogP contribution in [0.25, 0.3) is 6.08 Å². The van der Waals surface area contributed by atoms with Gasteiger partial charge in [0.1, 0.15) is 24.6 Å². The van der Waals surface area contributed by atoms with Crippen LogP contribution in [0.15, 0.2) is 52.6 Å². The Balaban J connectivity index is 1.71. The average Bonchev–Trinajstić information content (AvgIpc) is 2.89. The summed E-state index contributed by atoms with van der Waals surface area (Å²) in [5.41, 5.74) is 2.89. The fraction of sp³-hybridized carbons (Fsp3) is 0.150. The van der Waals surface area contributed by atoms with Crippen LogP contribution in [0.3, 0.4) is 0 Å². The van der Waals surface area contributed by atoms with Gasteiger partial charge in [-0.25, -0.2) is 9.69 Å². The zero-order chi connectivity index (χ0) is 20.3. The number of nitrogens with one attached hydrogen (secondary N) is 1. The molecule has 0 bridgehead atoms. The minimum absolute atomic E-state index is 0.0199. The quantitative estimate of drug-likeness (QED) is 0.526. The lowest BCUT2D eigenvalue weighted by atomic mass is 10.1. The Kier molecular flexibility index (Phi) is 5.79. The number of hydrogen-bond donors (Lipinski definition) is 2. The summed E-state index contributed by atoms with van der Waals surface area (Å²) in [5, 5.41) is 11.2. The van der Waals surface area contributed by atoms with E-state index in [1.165, 1.54) is 11.6 Å². The topological polar surface area (TPSA) is 95.9 Å². The Morgan fingerprint density at radius 1 is 1.21 bits per heavy atom. The average molecular weight is 445 g/mol. The molecule has 0 aliphatic carbocycles. The van der Waals surface area contributed by atoms with Gasteiger partial charge < -0.3 is 15.2 Å². The minimum Gasteiger partial charge on any atom is -0.488 e. The van der Waals surface area contributed by atoms with Crippen LogP contribution in [0.1, 0.15) is 16.7 Å². The van der Waals surface area contributed by atoms with Crippen molar-refractivity contribution in [1.29, 1.82) is 0 Å². The molecule has 3 rings (SSSR count). The Morgan fingerprint density at radius 2 is 1.93 bits per heavy atom. The van der Waals surface area contributed by atoms with E-state index in [1.54, 1.807) is 18.2 Å². The summed E-state index contributed by atoms with van der Waals surface area (Å²) >= 11 is 3.44. The number of urea groups is 1. The highest BCUT2D eigenvalue weighted by Gasteiger charge is 2.34. The Morgan fingerprint density at radius 3 is 2.57 bits per heavy atom. The van der Waals surface area contributed by atoms with E-state index in [-0.39, 0.29) is 5.70 Å². The van der Waals surface area contributed by atoms with Crippen LogP contribution >= 0.6 is 15.9 Å². The standard InChI is InChI=1S/C20H17BrN2O5/c1-12-2-4-13(5-3-12)11-28-17-7-6-14(8-15(17)21)9-16-19(26)23(10-18(24)25)20(27)22-16/h2-9H,10-11H2,1H3,(H,22,27)(H,24,25)/b16-9+. The van der Waals surface area contributed by atoms with Crippen molar-refractivity contribution in [3.63, 3.8) is 0 Å². The van der Waals surface area contributed by atoms with Crippen LogP contribution in [0.4, 0.5) is 4.79 Å². The third-order valence-electron chi connectivity index (χ3n) is 4.04. The lowest BCUT2D eigenvalue weighted by Crippen LogP contribution is -2.35. The summed E-state index contributed by atoms with van der Waals surface area (Å²) in [5.74, 6) is -1.30. The summed E-state index contributed by atoms with van der Waals surface area (Å²) < 4.78 is 6.50. The minimum atomic E-state index is -1.26. The van der Waals surface area contributed by atoms with Crippen molar-refractivity contribution >= 4 is 39.9 Å². The number of ether oxygens (including phenoxy) is 1. The Labute approximate surface area is 169 Å². The summed E-state index contributed by atoms with van der Waals surface area (Å²) in [6, 6.07) is 12.5. The van der Waals surface area contributed by atoms with Crippen molar-refractivity contribution < 1.29 is 24.2 Å². The SMILES string of the molecule is Cc1ccc(COc2ccc(/C=C3/NC(=O)N(CC(=O)O)C3=O)cc2Br)cc1. The summed E-state index contributed by atoms with van der Waals surface area (Å²) in [6.45, 7) is 1.75. The lowest BCUT2D eigenvalue weighted by Gasteiger charge is -2.09. The number of imide groups is 1.